The molecule has 0 radical (unpaired) electrons. The van der Waals surface area contributed by atoms with Gasteiger partial charge < -0.3 is 14.2 Å². The Morgan fingerprint density at radius 2 is 2.00 bits per heavy atom. The number of carbonyl (C=O) groups is 1. The summed E-state index contributed by atoms with van der Waals surface area (Å²) in [6, 6.07) is 11.0. The third-order valence-corrected chi connectivity index (χ3v) is 3.06. The van der Waals surface area contributed by atoms with E-state index < -0.39 is 0 Å². The molecule has 2 aromatic rings. The zero-order valence-corrected chi connectivity index (χ0v) is 11.5. The Balaban J connectivity index is 1.57. The number of aromatic nitrogens is 1. The average molecular weight is 285 g/mol. The highest BCUT2D eigenvalue weighted by atomic mass is 16.6. The van der Waals surface area contributed by atoms with Crippen LogP contribution in [0.1, 0.15) is 11.3 Å². The Labute approximate surface area is 122 Å². The van der Waals surface area contributed by atoms with Gasteiger partial charge in [-0.3, -0.25) is 9.78 Å². The molecule has 0 N–H and O–H groups in total. The van der Waals surface area contributed by atoms with E-state index in [0.717, 1.165) is 11.3 Å². The van der Waals surface area contributed by atoms with E-state index in [9.17, 15) is 4.79 Å². The lowest BCUT2D eigenvalue weighted by Gasteiger charge is -2.18. The molecule has 2 heterocycles. The van der Waals surface area contributed by atoms with Gasteiger partial charge in [-0.15, -0.1) is 0 Å². The molecule has 0 unspecified atom stereocenters. The van der Waals surface area contributed by atoms with Gasteiger partial charge in [0, 0.05) is 6.20 Å². The normalized spacial score (nSPS) is 12.8. The summed E-state index contributed by atoms with van der Waals surface area (Å²) in [5.41, 5.74) is 1.57. The zero-order valence-electron chi connectivity index (χ0n) is 11.5. The Morgan fingerprint density at radius 3 is 2.81 bits per heavy atom. The van der Waals surface area contributed by atoms with Crippen LogP contribution in [0.4, 0.5) is 0 Å². The van der Waals surface area contributed by atoms with Crippen LogP contribution in [0, 0.1) is 0 Å². The van der Waals surface area contributed by atoms with Crippen molar-refractivity contribution in [2.45, 2.75) is 13.0 Å². The molecule has 0 atom stereocenters. The van der Waals surface area contributed by atoms with Gasteiger partial charge in [-0.1, -0.05) is 12.1 Å². The summed E-state index contributed by atoms with van der Waals surface area (Å²) in [5, 5.41) is 0. The SMILES string of the molecule is O=C(Cc1ccc2c(c1)OCCO2)OCc1ccccn1. The lowest BCUT2D eigenvalue weighted by molar-refractivity contribution is -0.144. The van der Waals surface area contributed by atoms with E-state index in [0.29, 0.717) is 24.7 Å². The van der Waals surface area contributed by atoms with Gasteiger partial charge in [0.2, 0.25) is 0 Å². The first kappa shape index (κ1) is 13.4. The summed E-state index contributed by atoms with van der Waals surface area (Å²) < 4.78 is 16.1. The van der Waals surface area contributed by atoms with Crippen LogP contribution in [-0.2, 0) is 22.6 Å². The molecule has 1 aromatic heterocycles. The van der Waals surface area contributed by atoms with Gasteiger partial charge in [-0.2, -0.15) is 0 Å². The summed E-state index contributed by atoms with van der Waals surface area (Å²) in [6.45, 7) is 1.27. The van der Waals surface area contributed by atoms with E-state index in [-0.39, 0.29) is 19.0 Å². The first-order chi connectivity index (χ1) is 10.3. The highest BCUT2D eigenvalue weighted by molar-refractivity contribution is 5.73. The third kappa shape index (κ3) is 3.51. The van der Waals surface area contributed by atoms with Gasteiger partial charge in [0.1, 0.15) is 19.8 Å². The second kappa shape index (κ2) is 6.26. The fourth-order valence-corrected chi connectivity index (χ4v) is 2.05. The molecule has 0 aliphatic carbocycles. The van der Waals surface area contributed by atoms with E-state index in [1.54, 1.807) is 6.20 Å². The molecule has 0 fully saturated rings. The maximum atomic E-state index is 11.8. The lowest BCUT2D eigenvalue weighted by atomic mass is 10.1. The molecule has 0 amide bonds. The third-order valence-electron chi connectivity index (χ3n) is 3.06. The minimum absolute atomic E-state index is 0.185. The molecule has 1 aliphatic heterocycles. The van der Waals surface area contributed by atoms with Crippen LogP contribution < -0.4 is 9.47 Å². The number of esters is 1. The van der Waals surface area contributed by atoms with Gasteiger partial charge in [0.05, 0.1) is 12.1 Å². The Morgan fingerprint density at radius 1 is 1.14 bits per heavy atom. The number of hydrogen-bond donors (Lipinski definition) is 0. The molecule has 3 rings (SSSR count). The summed E-state index contributed by atoms with van der Waals surface area (Å²) in [4.78, 5) is 15.9. The van der Waals surface area contributed by atoms with Crippen LogP contribution in [0.5, 0.6) is 11.5 Å². The van der Waals surface area contributed by atoms with Gasteiger partial charge in [0.25, 0.3) is 0 Å². The smallest absolute Gasteiger partial charge is 0.310 e. The van der Waals surface area contributed by atoms with Crippen molar-refractivity contribution in [2.24, 2.45) is 0 Å². The van der Waals surface area contributed by atoms with Crippen LogP contribution in [0.3, 0.4) is 0 Å². The van der Waals surface area contributed by atoms with E-state index >= 15 is 0 Å². The number of carbonyl (C=O) groups excluding carboxylic acids is 1. The molecule has 5 nitrogen and oxygen atoms in total. The molecule has 1 aliphatic rings. The van der Waals surface area contributed by atoms with Crippen molar-refractivity contribution in [3.63, 3.8) is 0 Å². The molecular weight excluding hydrogens is 270 g/mol. The zero-order chi connectivity index (χ0) is 14.5. The topological polar surface area (TPSA) is 57.7 Å². The summed E-state index contributed by atoms with van der Waals surface area (Å²) >= 11 is 0. The first-order valence-corrected chi connectivity index (χ1v) is 6.75. The van der Waals surface area contributed by atoms with E-state index in [2.05, 4.69) is 4.98 Å². The summed E-state index contributed by atoms with van der Waals surface area (Å²) in [7, 11) is 0. The van der Waals surface area contributed by atoms with Crippen molar-refractivity contribution in [3.8, 4) is 11.5 Å². The number of benzene rings is 1. The fourth-order valence-electron chi connectivity index (χ4n) is 2.05. The van der Waals surface area contributed by atoms with E-state index in [4.69, 9.17) is 14.2 Å². The van der Waals surface area contributed by atoms with Crippen molar-refractivity contribution >= 4 is 5.97 Å². The first-order valence-electron chi connectivity index (χ1n) is 6.75. The van der Waals surface area contributed by atoms with Crippen LogP contribution in [0.25, 0.3) is 0 Å². The monoisotopic (exact) mass is 285 g/mol. The van der Waals surface area contributed by atoms with Crippen LogP contribution >= 0.6 is 0 Å². The van der Waals surface area contributed by atoms with Crippen LogP contribution in [0.15, 0.2) is 42.6 Å². The number of rotatable bonds is 4. The number of ether oxygens (including phenoxy) is 3. The predicted octanol–water partition coefficient (Wildman–Crippen LogP) is 2.14. The van der Waals surface area contributed by atoms with Gasteiger partial charge in [-0.25, -0.2) is 0 Å². The van der Waals surface area contributed by atoms with Crippen LogP contribution in [0.2, 0.25) is 0 Å². The molecule has 0 saturated heterocycles. The number of pyridine rings is 1. The molecule has 0 spiro atoms. The number of fused-ring (bicyclic) bond motifs is 1. The Bertz CT molecular complexity index is 627. The van der Waals surface area contributed by atoms with Gasteiger partial charge in [-0.05, 0) is 29.8 Å². The quantitative estimate of drug-likeness (QED) is 0.805. The molecule has 21 heavy (non-hydrogen) atoms. The molecule has 108 valence electrons. The number of hydrogen-bond acceptors (Lipinski definition) is 5. The molecule has 0 saturated carbocycles. The summed E-state index contributed by atoms with van der Waals surface area (Å²) in [6.07, 6.45) is 1.87. The second-order valence-electron chi connectivity index (χ2n) is 4.64. The fraction of sp³-hybridized carbons (Fsp3) is 0.250. The second-order valence-corrected chi connectivity index (χ2v) is 4.64. The van der Waals surface area contributed by atoms with Gasteiger partial charge in [0.15, 0.2) is 11.5 Å². The standard InChI is InChI=1S/C16H15NO4/c18-16(21-11-13-3-1-2-6-17-13)10-12-4-5-14-15(9-12)20-8-7-19-14/h1-6,9H,7-8,10-11H2. The molecule has 5 heteroatoms. The van der Waals surface area contributed by atoms with Crippen molar-refractivity contribution in [2.75, 3.05) is 13.2 Å². The lowest BCUT2D eigenvalue weighted by Crippen LogP contribution is -2.16. The maximum absolute atomic E-state index is 11.8. The molecule has 0 bridgehead atoms. The average Bonchev–Trinajstić information content (AvgIpc) is 2.54. The minimum atomic E-state index is -0.294. The Kier molecular flexibility index (Phi) is 4.00. The van der Waals surface area contributed by atoms with Crippen molar-refractivity contribution in [1.82, 2.24) is 4.98 Å². The maximum Gasteiger partial charge on any atom is 0.310 e. The van der Waals surface area contributed by atoms with Gasteiger partial charge >= 0.3 is 5.97 Å². The van der Waals surface area contributed by atoms with E-state index in [1.807, 2.05) is 36.4 Å². The Hall–Kier alpha value is -2.56. The minimum Gasteiger partial charge on any atom is -0.486 e. The highest BCUT2D eigenvalue weighted by Crippen LogP contribution is 2.30. The molecule has 1 aromatic carbocycles. The van der Waals surface area contributed by atoms with Crippen molar-refractivity contribution in [3.05, 3.63) is 53.9 Å². The number of nitrogens with zero attached hydrogens (tertiary/aromatic N) is 1. The van der Waals surface area contributed by atoms with Crippen molar-refractivity contribution in [1.29, 1.82) is 0 Å². The molecular formula is C16H15NO4. The highest BCUT2D eigenvalue weighted by Gasteiger charge is 2.13. The van der Waals surface area contributed by atoms with Crippen molar-refractivity contribution < 1.29 is 19.0 Å². The van der Waals surface area contributed by atoms with E-state index in [1.165, 1.54) is 0 Å². The largest absolute Gasteiger partial charge is 0.486 e. The van der Waals surface area contributed by atoms with Crippen LogP contribution in [-0.4, -0.2) is 24.2 Å². The predicted molar refractivity (Wildman–Crippen MR) is 75.2 cm³/mol. The summed E-state index contributed by atoms with van der Waals surface area (Å²) in [5.74, 6) is 1.10.